The minimum absolute atomic E-state index is 0.0342. The third kappa shape index (κ3) is 20.3. The van der Waals surface area contributed by atoms with Crippen LogP contribution in [0.15, 0.2) is 30.3 Å². The number of hydrogen-bond donors (Lipinski definition) is 3. The lowest BCUT2D eigenvalue weighted by Crippen LogP contribution is -2.61. The predicted octanol–water partition coefficient (Wildman–Crippen LogP) is 3.48. The molecular weight excluding hydrogens is 1070 g/mol. The highest BCUT2D eigenvalue weighted by Gasteiger charge is 2.42. The van der Waals surface area contributed by atoms with Crippen LogP contribution in [0.5, 0.6) is 0 Å². The first kappa shape index (κ1) is 70.7. The third-order valence-corrected chi connectivity index (χ3v) is 16.8. The molecule has 2 fully saturated rings. The van der Waals surface area contributed by atoms with E-state index < -0.39 is 132 Å². The van der Waals surface area contributed by atoms with E-state index in [4.69, 9.17) is 4.74 Å². The number of rotatable bonds is 12. The van der Waals surface area contributed by atoms with E-state index in [9.17, 15) is 53.1 Å². The summed E-state index contributed by atoms with van der Waals surface area (Å²) in [6.45, 7) is 19.5. The van der Waals surface area contributed by atoms with Crippen LogP contribution >= 0.6 is 11.8 Å². The second kappa shape index (κ2) is 32.4. The number of carbonyl (C=O) groups excluding carboxylic acids is 10. The second-order valence-corrected chi connectivity index (χ2v) is 25.5. The number of ketones is 1. The first-order chi connectivity index (χ1) is 38.2. The molecule has 1 aromatic carbocycles. The number of amides is 9. The molecule has 2 heterocycles. The molecule has 0 aliphatic carbocycles. The maximum absolute atomic E-state index is 15.0. The summed E-state index contributed by atoms with van der Waals surface area (Å²) >= 11 is 1.10. The molecule has 2 aliphatic rings. The number of hydrogen-bond acceptors (Lipinski definition) is 13. The van der Waals surface area contributed by atoms with E-state index in [1.54, 1.807) is 51.7 Å². The second-order valence-electron chi connectivity index (χ2n) is 24.5. The molecular formula is C60H99N9O12S. The van der Waals surface area contributed by atoms with Crippen LogP contribution in [-0.2, 0) is 59.1 Å². The first-order valence-electron chi connectivity index (χ1n) is 29.2. The van der Waals surface area contributed by atoms with Crippen LogP contribution in [0.2, 0.25) is 0 Å². The molecule has 0 bridgehead atoms. The van der Waals surface area contributed by atoms with Crippen LogP contribution in [0.25, 0.3) is 0 Å². The van der Waals surface area contributed by atoms with E-state index in [2.05, 4.69) is 10.6 Å². The zero-order chi connectivity index (χ0) is 62.1. The van der Waals surface area contributed by atoms with Gasteiger partial charge in [-0.1, -0.05) is 78.3 Å². The van der Waals surface area contributed by atoms with Crippen molar-refractivity contribution >= 4 is 70.7 Å². The zero-order valence-electron chi connectivity index (χ0n) is 52.2. The Bertz CT molecular complexity index is 2340. The summed E-state index contributed by atoms with van der Waals surface area (Å²) in [5.74, 6) is -8.22. The summed E-state index contributed by atoms with van der Waals surface area (Å²) in [5, 5.41) is 16.9. The van der Waals surface area contributed by atoms with E-state index in [0.29, 0.717) is 19.5 Å². The average Bonchev–Trinajstić information content (AvgIpc) is 3.58. The molecule has 3 N–H and O–H groups in total. The summed E-state index contributed by atoms with van der Waals surface area (Å²) in [6, 6.07) is 0.829. The molecule has 0 saturated carbocycles. The molecule has 22 heteroatoms. The van der Waals surface area contributed by atoms with Gasteiger partial charge in [0, 0.05) is 74.0 Å². The number of likely N-dealkylation sites (tertiary alicyclic amines) is 1. The number of benzene rings is 1. The number of likely N-dealkylation sites (N-methyl/N-ethyl adjacent to an activating group) is 6. The van der Waals surface area contributed by atoms with Gasteiger partial charge in [0.15, 0.2) is 5.78 Å². The molecule has 462 valence electrons. The fourth-order valence-corrected chi connectivity index (χ4v) is 11.2. The minimum Gasteiger partial charge on any atom is -0.393 e. The Labute approximate surface area is 492 Å². The molecule has 0 unspecified atom stereocenters. The minimum atomic E-state index is -1.38. The normalized spacial score (nSPS) is 26.1. The molecule has 1 aromatic rings. The van der Waals surface area contributed by atoms with E-state index in [1.165, 1.54) is 73.7 Å². The van der Waals surface area contributed by atoms with Crippen molar-refractivity contribution in [2.24, 2.45) is 23.7 Å². The fraction of sp³-hybridized carbons (Fsp3) is 0.733. The van der Waals surface area contributed by atoms with Gasteiger partial charge in [0.05, 0.1) is 42.6 Å². The van der Waals surface area contributed by atoms with Crippen molar-refractivity contribution < 1.29 is 57.8 Å². The number of Topliss-reactive ketones (excluding diaryl/α,β-unsaturated/α-hetero) is 1. The van der Waals surface area contributed by atoms with Crippen LogP contribution in [0, 0.1) is 23.7 Å². The van der Waals surface area contributed by atoms with Crippen LogP contribution in [-0.4, -0.2) is 232 Å². The van der Waals surface area contributed by atoms with Crippen molar-refractivity contribution in [3.05, 3.63) is 35.9 Å². The lowest BCUT2D eigenvalue weighted by Gasteiger charge is -2.38. The summed E-state index contributed by atoms with van der Waals surface area (Å²) < 4.78 is 6.12. The first-order valence-corrected chi connectivity index (χ1v) is 30.3. The van der Waals surface area contributed by atoms with E-state index in [-0.39, 0.29) is 55.1 Å². The molecule has 2 aliphatic heterocycles. The van der Waals surface area contributed by atoms with Crippen molar-refractivity contribution in [1.29, 1.82) is 0 Å². The van der Waals surface area contributed by atoms with Crippen LogP contribution in [0.1, 0.15) is 127 Å². The highest BCUT2D eigenvalue weighted by molar-refractivity contribution is 8.00. The van der Waals surface area contributed by atoms with Crippen molar-refractivity contribution in [2.75, 3.05) is 80.0 Å². The standard InChI is InChI=1S/C60H99N9O12S/c1-18-39(6)52-54(75)62-45(58(79)69-27-23-20-24-28-69)35-82-36-51(73)64(13)40(7)55(76)67(16)48(31-42-25-21-19-22-26-42)59(80)66(15)46(29-37(2)3)49(71)32-43(41(8)70)56(77)63(12)33-50(72)65(14)47(30-38(4)5)53(74)61-44(57(78)68(52)17)34-81-60(9,10)11/h19,21-22,25-26,37-41,43-48,52,70H,18,20,23-24,27-36H2,1-17H3,(H,61,74)(H,62,75)/t39-,40-,41+,43-,44-,45-,46-,47-,48-,52-/m0/s1. The van der Waals surface area contributed by atoms with Gasteiger partial charge in [0.2, 0.25) is 53.2 Å². The van der Waals surface area contributed by atoms with Gasteiger partial charge in [0.25, 0.3) is 0 Å². The van der Waals surface area contributed by atoms with Gasteiger partial charge in [-0.25, -0.2) is 0 Å². The number of thioether (sulfide) groups is 1. The van der Waals surface area contributed by atoms with Gasteiger partial charge >= 0.3 is 0 Å². The molecule has 21 nitrogen and oxygen atoms in total. The zero-order valence-corrected chi connectivity index (χ0v) is 53.0. The van der Waals surface area contributed by atoms with Crippen LogP contribution < -0.4 is 10.6 Å². The SMILES string of the molecule is CC[C@H](C)[C@H]1C(=O)N[C@H](C(=O)N2CCCCC2)CSCC(=O)N(C)[C@@H](C)C(=O)N(C)[C@@H](Cc2ccccc2)C(=O)N(C)[C@@H](CC(C)C)C(=O)C[C@@H]([C@@H](C)O)C(=O)N(C)CC(=O)N(C)[C@@H](CC(C)C)C(=O)N[C@@H](COC(C)(C)C)C(=O)N1C. The molecule has 9 amide bonds. The Morgan fingerprint density at radius 2 is 1.27 bits per heavy atom. The Hall–Kier alpha value is -5.61. The summed E-state index contributed by atoms with van der Waals surface area (Å²) in [4.78, 5) is 155. The molecule has 3 rings (SSSR count). The average molecular weight is 1170 g/mol. The molecule has 10 atom stereocenters. The lowest BCUT2D eigenvalue weighted by atomic mass is 9.89. The van der Waals surface area contributed by atoms with Crippen molar-refractivity contribution in [3.8, 4) is 0 Å². The smallest absolute Gasteiger partial charge is 0.247 e. The van der Waals surface area contributed by atoms with Crippen molar-refractivity contribution in [1.82, 2.24) is 44.9 Å². The maximum Gasteiger partial charge on any atom is 0.247 e. The molecule has 0 radical (unpaired) electrons. The van der Waals surface area contributed by atoms with E-state index >= 15 is 0 Å². The number of aliphatic hydroxyl groups is 1. The van der Waals surface area contributed by atoms with Gasteiger partial charge in [0.1, 0.15) is 36.3 Å². The number of ether oxygens (including phenoxy) is 1. The van der Waals surface area contributed by atoms with Crippen molar-refractivity contribution in [2.45, 2.75) is 182 Å². The Morgan fingerprint density at radius 3 is 1.82 bits per heavy atom. The lowest BCUT2D eigenvalue weighted by molar-refractivity contribution is -0.151. The highest BCUT2D eigenvalue weighted by Crippen LogP contribution is 2.25. The van der Waals surface area contributed by atoms with Gasteiger partial charge < -0.3 is 54.8 Å². The maximum atomic E-state index is 15.0. The molecule has 2 saturated heterocycles. The summed E-state index contributed by atoms with van der Waals surface area (Å²) in [6.07, 6.45) is 1.37. The van der Waals surface area contributed by atoms with E-state index in [1.807, 2.05) is 52.8 Å². The summed E-state index contributed by atoms with van der Waals surface area (Å²) in [5.41, 5.74) is -0.0657. The fourth-order valence-electron chi connectivity index (χ4n) is 10.3. The van der Waals surface area contributed by atoms with Gasteiger partial charge in [-0.3, -0.25) is 47.9 Å². The topological polar surface area (TPSA) is 247 Å². The Balaban J connectivity index is 2.25. The molecule has 0 aromatic heterocycles. The predicted molar refractivity (Wildman–Crippen MR) is 317 cm³/mol. The number of nitrogens with one attached hydrogen (secondary N) is 2. The molecule has 0 spiro atoms. The Kier molecular flexibility index (Phi) is 28.0. The quantitative estimate of drug-likeness (QED) is 0.272. The van der Waals surface area contributed by atoms with Gasteiger partial charge in [-0.2, -0.15) is 0 Å². The number of nitrogens with zero attached hydrogens (tertiary/aromatic N) is 7. The largest absolute Gasteiger partial charge is 0.393 e. The number of piperidine rings is 1. The van der Waals surface area contributed by atoms with Crippen molar-refractivity contribution in [3.63, 3.8) is 0 Å². The number of aliphatic hydroxyl groups excluding tert-OH is 1. The van der Waals surface area contributed by atoms with Gasteiger partial charge in [-0.05, 0) is 90.0 Å². The number of carbonyl (C=O) groups is 10. The molecule has 82 heavy (non-hydrogen) atoms. The monoisotopic (exact) mass is 1170 g/mol. The van der Waals surface area contributed by atoms with E-state index in [0.717, 1.165) is 41.5 Å². The van der Waals surface area contributed by atoms with Gasteiger partial charge in [-0.15, -0.1) is 11.8 Å². The Morgan fingerprint density at radius 1 is 0.695 bits per heavy atom. The van der Waals surface area contributed by atoms with Crippen LogP contribution in [0.4, 0.5) is 0 Å². The third-order valence-electron chi connectivity index (χ3n) is 15.8. The van der Waals surface area contributed by atoms with Crippen LogP contribution in [0.3, 0.4) is 0 Å². The highest BCUT2D eigenvalue weighted by atomic mass is 32.2. The summed E-state index contributed by atoms with van der Waals surface area (Å²) in [7, 11) is 8.63.